The predicted molar refractivity (Wildman–Crippen MR) is 147 cm³/mol. The summed E-state index contributed by atoms with van der Waals surface area (Å²) >= 11 is 6.14. The van der Waals surface area contributed by atoms with E-state index in [9.17, 15) is 4.79 Å². The molecular formula is C31H28ClN3O. The van der Waals surface area contributed by atoms with Gasteiger partial charge in [0.2, 0.25) is 5.91 Å². The number of fused-ring (bicyclic) bond motifs is 1. The molecule has 0 aliphatic rings. The normalized spacial score (nSPS) is 12.0. The highest BCUT2D eigenvalue weighted by atomic mass is 35.5. The summed E-state index contributed by atoms with van der Waals surface area (Å²) in [4.78, 5) is 17.9. The number of nitrogens with one attached hydrogen (secondary N) is 1. The fourth-order valence-corrected chi connectivity index (χ4v) is 4.66. The van der Waals surface area contributed by atoms with Crippen molar-refractivity contribution in [3.63, 3.8) is 0 Å². The third kappa shape index (κ3) is 5.19. The van der Waals surface area contributed by atoms with Crippen molar-refractivity contribution in [1.82, 2.24) is 14.7 Å². The Hall–Kier alpha value is -3.89. The van der Waals surface area contributed by atoms with Gasteiger partial charge < -0.3 is 9.72 Å². The van der Waals surface area contributed by atoms with Gasteiger partial charge in [-0.1, -0.05) is 83.9 Å². The molecule has 1 atom stereocenters. The van der Waals surface area contributed by atoms with Crippen LogP contribution in [-0.4, -0.2) is 15.3 Å². The van der Waals surface area contributed by atoms with Crippen LogP contribution in [0.3, 0.4) is 0 Å². The molecular weight excluding hydrogens is 466 g/mol. The van der Waals surface area contributed by atoms with E-state index in [1.807, 2.05) is 67.6 Å². The summed E-state index contributed by atoms with van der Waals surface area (Å²) < 4.78 is 2.12. The van der Waals surface area contributed by atoms with Crippen molar-refractivity contribution >= 4 is 23.2 Å². The van der Waals surface area contributed by atoms with Crippen LogP contribution in [0, 0.1) is 6.92 Å². The Labute approximate surface area is 216 Å². The largest absolute Gasteiger partial charge is 0.350 e. The number of carbonyl (C=O) groups excluding carboxylic acids is 1. The molecule has 3 aromatic carbocycles. The molecule has 5 rings (SSSR count). The number of amides is 1. The van der Waals surface area contributed by atoms with Gasteiger partial charge in [-0.2, -0.15) is 0 Å². The van der Waals surface area contributed by atoms with E-state index in [0.717, 1.165) is 39.3 Å². The molecule has 0 bridgehead atoms. The lowest BCUT2D eigenvalue weighted by molar-refractivity contribution is -0.121. The first-order valence-corrected chi connectivity index (χ1v) is 12.5. The van der Waals surface area contributed by atoms with Gasteiger partial charge in [0.25, 0.3) is 0 Å². The van der Waals surface area contributed by atoms with Gasteiger partial charge in [0.1, 0.15) is 5.65 Å². The minimum Gasteiger partial charge on any atom is -0.350 e. The number of rotatable bonds is 7. The maximum Gasteiger partial charge on any atom is 0.220 e. The molecule has 0 spiro atoms. The summed E-state index contributed by atoms with van der Waals surface area (Å²) in [5, 5.41) is 3.81. The van der Waals surface area contributed by atoms with Crippen molar-refractivity contribution in [2.24, 2.45) is 0 Å². The van der Waals surface area contributed by atoms with E-state index in [4.69, 9.17) is 16.6 Å². The van der Waals surface area contributed by atoms with Crippen LogP contribution in [-0.2, 0) is 11.2 Å². The quantitative estimate of drug-likeness (QED) is 0.256. The molecule has 5 aromatic rings. The Morgan fingerprint density at radius 1 is 0.917 bits per heavy atom. The van der Waals surface area contributed by atoms with E-state index in [1.165, 1.54) is 5.56 Å². The van der Waals surface area contributed by atoms with E-state index in [-0.39, 0.29) is 11.9 Å². The third-order valence-electron chi connectivity index (χ3n) is 6.45. The average molecular weight is 494 g/mol. The number of imidazole rings is 1. The molecule has 0 aliphatic heterocycles. The molecule has 5 heteroatoms. The van der Waals surface area contributed by atoms with Gasteiger partial charge >= 0.3 is 0 Å². The van der Waals surface area contributed by atoms with E-state index >= 15 is 0 Å². The number of hydrogen-bond donors (Lipinski definition) is 1. The molecule has 1 unspecified atom stereocenters. The number of benzene rings is 3. The number of carbonyl (C=O) groups is 1. The summed E-state index contributed by atoms with van der Waals surface area (Å²) in [6.07, 6.45) is 3.04. The second kappa shape index (κ2) is 10.4. The lowest BCUT2D eigenvalue weighted by atomic mass is 10.0. The van der Waals surface area contributed by atoms with Crippen LogP contribution >= 0.6 is 11.6 Å². The van der Waals surface area contributed by atoms with Gasteiger partial charge in [-0.15, -0.1) is 0 Å². The first-order chi connectivity index (χ1) is 17.5. The number of aromatic nitrogens is 2. The second-order valence-electron chi connectivity index (χ2n) is 9.13. The Kier molecular flexibility index (Phi) is 6.88. The fraction of sp³-hybridized carbons (Fsp3) is 0.161. The summed E-state index contributed by atoms with van der Waals surface area (Å²) in [6, 6.07) is 30.3. The molecule has 0 radical (unpaired) electrons. The lowest BCUT2D eigenvalue weighted by Crippen LogP contribution is -2.26. The van der Waals surface area contributed by atoms with Gasteiger partial charge in [0.15, 0.2) is 0 Å². The van der Waals surface area contributed by atoms with Gasteiger partial charge in [-0.3, -0.25) is 4.79 Å². The highest BCUT2D eigenvalue weighted by Crippen LogP contribution is 2.29. The Bertz CT molecular complexity index is 1510. The van der Waals surface area contributed by atoms with Gasteiger partial charge in [-0.05, 0) is 61.2 Å². The fourth-order valence-electron chi connectivity index (χ4n) is 4.54. The highest BCUT2D eigenvalue weighted by Gasteiger charge is 2.17. The van der Waals surface area contributed by atoms with Crippen LogP contribution in [0.4, 0.5) is 0 Å². The van der Waals surface area contributed by atoms with Crippen LogP contribution in [0.2, 0.25) is 5.02 Å². The molecule has 0 saturated heterocycles. The molecule has 36 heavy (non-hydrogen) atoms. The summed E-state index contributed by atoms with van der Waals surface area (Å²) in [7, 11) is 0. The monoisotopic (exact) mass is 493 g/mol. The molecule has 0 fully saturated rings. The van der Waals surface area contributed by atoms with Crippen LogP contribution in [0.1, 0.15) is 36.2 Å². The van der Waals surface area contributed by atoms with Gasteiger partial charge in [0, 0.05) is 23.2 Å². The maximum absolute atomic E-state index is 12.9. The predicted octanol–water partition coefficient (Wildman–Crippen LogP) is 7.44. The smallest absolute Gasteiger partial charge is 0.220 e. The molecule has 1 N–H and O–H groups in total. The van der Waals surface area contributed by atoms with Crippen molar-refractivity contribution in [2.45, 2.75) is 32.7 Å². The molecule has 180 valence electrons. The molecule has 0 saturated carbocycles. The molecule has 1 amide bonds. The minimum absolute atomic E-state index is 0.0122. The zero-order valence-electron chi connectivity index (χ0n) is 20.4. The van der Waals surface area contributed by atoms with Crippen molar-refractivity contribution in [1.29, 1.82) is 0 Å². The first kappa shape index (κ1) is 23.8. The van der Waals surface area contributed by atoms with Crippen LogP contribution in [0.5, 0.6) is 0 Å². The Balaban J connectivity index is 1.48. The zero-order valence-corrected chi connectivity index (χ0v) is 21.2. The van der Waals surface area contributed by atoms with Crippen molar-refractivity contribution in [3.05, 3.63) is 119 Å². The first-order valence-electron chi connectivity index (χ1n) is 12.2. The average Bonchev–Trinajstić information content (AvgIpc) is 3.26. The molecule has 0 aliphatic carbocycles. The highest BCUT2D eigenvalue weighted by molar-refractivity contribution is 6.30. The van der Waals surface area contributed by atoms with Crippen molar-refractivity contribution < 1.29 is 4.79 Å². The zero-order chi connectivity index (χ0) is 25.1. The number of nitrogens with zero attached hydrogens (tertiary/aromatic N) is 2. The second-order valence-corrected chi connectivity index (χ2v) is 9.57. The van der Waals surface area contributed by atoms with Crippen LogP contribution in [0.25, 0.3) is 28.0 Å². The third-order valence-corrected chi connectivity index (χ3v) is 6.70. The van der Waals surface area contributed by atoms with Crippen molar-refractivity contribution in [2.75, 3.05) is 0 Å². The topological polar surface area (TPSA) is 46.4 Å². The van der Waals surface area contributed by atoms with Crippen LogP contribution in [0.15, 0.2) is 97.2 Å². The molecule has 4 nitrogen and oxygen atoms in total. The van der Waals surface area contributed by atoms with Gasteiger partial charge in [0.05, 0.1) is 17.4 Å². The molecule has 2 heterocycles. The SMILES string of the molecule is Cc1cccc(-c2ccc3nc(-c4ccc(Cl)cc4)c(CCC(=O)NC(C)c4ccccc4)n3c2)c1. The van der Waals surface area contributed by atoms with E-state index in [0.29, 0.717) is 17.9 Å². The number of aryl methyl sites for hydroxylation is 2. The Morgan fingerprint density at radius 3 is 2.42 bits per heavy atom. The minimum atomic E-state index is -0.0513. The molecule has 2 aromatic heterocycles. The summed E-state index contributed by atoms with van der Waals surface area (Å²) in [5.41, 5.74) is 8.27. The number of pyridine rings is 1. The van der Waals surface area contributed by atoms with Crippen molar-refractivity contribution in [3.8, 4) is 22.4 Å². The van der Waals surface area contributed by atoms with E-state index < -0.39 is 0 Å². The van der Waals surface area contributed by atoms with Crippen LogP contribution < -0.4 is 5.32 Å². The standard InChI is InChI=1S/C31H28ClN3O/c1-21-7-6-10-25(19-21)26-13-17-29-34-31(24-11-14-27(32)15-12-24)28(35(29)20-26)16-18-30(36)33-22(2)23-8-4-3-5-9-23/h3-15,17,19-20,22H,16,18H2,1-2H3,(H,33,36). The Morgan fingerprint density at radius 2 is 1.67 bits per heavy atom. The number of hydrogen-bond acceptors (Lipinski definition) is 2. The summed E-state index contributed by atoms with van der Waals surface area (Å²) in [6.45, 7) is 4.10. The maximum atomic E-state index is 12.9. The van der Waals surface area contributed by atoms with E-state index in [1.54, 1.807) is 0 Å². The van der Waals surface area contributed by atoms with E-state index in [2.05, 4.69) is 53.2 Å². The number of halogens is 1. The van der Waals surface area contributed by atoms with Gasteiger partial charge in [-0.25, -0.2) is 4.98 Å². The lowest BCUT2D eigenvalue weighted by Gasteiger charge is -2.14. The summed E-state index contributed by atoms with van der Waals surface area (Å²) in [5.74, 6) is 0.0122.